The summed E-state index contributed by atoms with van der Waals surface area (Å²) in [5.74, 6) is 0. The van der Waals surface area contributed by atoms with Crippen LogP contribution in [0, 0.1) is 0 Å². The summed E-state index contributed by atoms with van der Waals surface area (Å²) < 4.78 is 10.7. The van der Waals surface area contributed by atoms with E-state index < -0.39 is 24.4 Å². The van der Waals surface area contributed by atoms with Crippen LogP contribution in [0.5, 0.6) is 0 Å². The second-order valence-corrected chi connectivity index (χ2v) is 4.90. The molecule has 4 atom stereocenters. The molecule has 19 heavy (non-hydrogen) atoms. The molecule has 1 rings (SSSR count). The smallest absolute Gasteiger partial charge is 0.111 e. The Kier molecular flexibility index (Phi) is 8.25. The highest BCUT2D eigenvalue weighted by Crippen LogP contribution is 2.15. The predicted molar refractivity (Wildman–Crippen MR) is 71.9 cm³/mol. The monoisotopic (exact) mass is 274 g/mol. The fourth-order valence-corrected chi connectivity index (χ4v) is 1.92. The molecule has 0 aromatic heterocycles. The number of ether oxygens (including phenoxy) is 2. The van der Waals surface area contributed by atoms with Crippen LogP contribution in [-0.2, 0) is 9.47 Å². The lowest BCUT2D eigenvalue weighted by atomic mass is 10.0. The van der Waals surface area contributed by atoms with Crippen LogP contribution < -0.4 is 0 Å². The van der Waals surface area contributed by atoms with E-state index in [9.17, 15) is 15.3 Å². The SMILES string of the molecule is CCC/C=C/CCCOC[C@@H]1OC[C@@H](O)[C@H](O)[C@H]1O. The maximum Gasteiger partial charge on any atom is 0.111 e. The van der Waals surface area contributed by atoms with Crippen molar-refractivity contribution in [2.75, 3.05) is 19.8 Å². The third-order valence-electron chi connectivity index (χ3n) is 3.17. The van der Waals surface area contributed by atoms with Gasteiger partial charge in [0.1, 0.15) is 24.4 Å². The Morgan fingerprint density at radius 1 is 1.16 bits per heavy atom. The minimum Gasteiger partial charge on any atom is -0.388 e. The van der Waals surface area contributed by atoms with Gasteiger partial charge >= 0.3 is 0 Å². The van der Waals surface area contributed by atoms with E-state index in [0.29, 0.717) is 6.61 Å². The molecule has 0 aromatic carbocycles. The van der Waals surface area contributed by atoms with Crippen molar-refractivity contribution in [3.05, 3.63) is 12.2 Å². The van der Waals surface area contributed by atoms with Crippen molar-refractivity contribution in [2.24, 2.45) is 0 Å². The number of allylic oxidation sites excluding steroid dienone is 2. The average Bonchev–Trinajstić information content (AvgIpc) is 2.41. The van der Waals surface area contributed by atoms with Crippen LogP contribution in [0.2, 0.25) is 0 Å². The van der Waals surface area contributed by atoms with Crippen molar-refractivity contribution in [2.45, 2.75) is 57.0 Å². The van der Waals surface area contributed by atoms with Crippen molar-refractivity contribution in [3.8, 4) is 0 Å². The first-order valence-corrected chi connectivity index (χ1v) is 7.05. The van der Waals surface area contributed by atoms with E-state index in [4.69, 9.17) is 9.47 Å². The molecule has 1 heterocycles. The average molecular weight is 274 g/mol. The molecule has 0 bridgehead atoms. The second kappa shape index (κ2) is 9.44. The summed E-state index contributed by atoms with van der Waals surface area (Å²) in [5, 5.41) is 28.5. The highest BCUT2D eigenvalue weighted by atomic mass is 16.6. The summed E-state index contributed by atoms with van der Waals surface area (Å²) in [5.41, 5.74) is 0. The number of aliphatic hydroxyl groups excluding tert-OH is 3. The Balaban J connectivity index is 2.06. The van der Waals surface area contributed by atoms with E-state index in [2.05, 4.69) is 19.1 Å². The van der Waals surface area contributed by atoms with Crippen LogP contribution >= 0.6 is 0 Å². The molecular weight excluding hydrogens is 248 g/mol. The van der Waals surface area contributed by atoms with Gasteiger partial charge in [-0.1, -0.05) is 25.5 Å². The fraction of sp³-hybridized carbons (Fsp3) is 0.857. The molecule has 0 saturated carbocycles. The predicted octanol–water partition coefficient (Wildman–Crippen LogP) is 0.621. The molecule has 3 N–H and O–H groups in total. The van der Waals surface area contributed by atoms with E-state index in [1.54, 1.807) is 0 Å². The minimum absolute atomic E-state index is 0.0337. The van der Waals surface area contributed by atoms with E-state index in [1.165, 1.54) is 0 Å². The van der Waals surface area contributed by atoms with Gasteiger partial charge in [-0.2, -0.15) is 0 Å². The summed E-state index contributed by atoms with van der Waals surface area (Å²) in [4.78, 5) is 0. The Hall–Kier alpha value is -0.460. The third kappa shape index (κ3) is 6.01. The number of aliphatic hydroxyl groups is 3. The Morgan fingerprint density at radius 3 is 2.63 bits per heavy atom. The number of hydrogen-bond donors (Lipinski definition) is 3. The van der Waals surface area contributed by atoms with Crippen molar-refractivity contribution in [1.29, 1.82) is 0 Å². The zero-order valence-electron chi connectivity index (χ0n) is 11.6. The van der Waals surface area contributed by atoms with E-state index in [0.717, 1.165) is 25.7 Å². The molecule has 0 radical (unpaired) electrons. The minimum atomic E-state index is -1.15. The van der Waals surface area contributed by atoms with E-state index in [1.807, 2.05) is 0 Å². The number of unbranched alkanes of at least 4 members (excludes halogenated alkanes) is 2. The van der Waals surface area contributed by atoms with Crippen molar-refractivity contribution >= 4 is 0 Å². The van der Waals surface area contributed by atoms with Gasteiger partial charge in [0.05, 0.1) is 13.2 Å². The Bertz CT molecular complexity index is 256. The Labute approximate surface area is 114 Å². The van der Waals surface area contributed by atoms with Gasteiger partial charge in [0.25, 0.3) is 0 Å². The Morgan fingerprint density at radius 2 is 1.89 bits per heavy atom. The van der Waals surface area contributed by atoms with E-state index in [-0.39, 0.29) is 13.2 Å². The molecule has 5 nitrogen and oxygen atoms in total. The van der Waals surface area contributed by atoms with Gasteiger partial charge in [-0.25, -0.2) is 0 Å². The molecule has 0 aromatic rings. The lowest BCUT2D eigenvalue weighted by Gasteiger charge is -2.35. The summed E-state index contributed by atoms with van der Waals surface area (Å²) >= 11 is 0. The van der Waals surface area contributed by atoms with E-state index >= 15 is 0 Å². The fourth-order valence-electron chi connectivity index (χ4n) is 1.92. The van der Waals surface area contributed by atoms with Crippen LogP contribution in [0.1, 0.15) is 32.6 Å². The summed E-state index contributed by atoms with van der Waals surface area (Å²) in [7, 11) is 0. The molecule has 1 fully saturated rings. The normalized spacial score (nSPS) is 32.0. The molecule has 112 valence electrons. The van der Waals surface area contributed by atoms with Crippen molar-refractivity contribution in [1.82, 2.24) is 0 Å². The molecule has 0 spiro atoms. The maximum absolute atomic E-state index is 9.68. The first kappa shape index (κ1) is 16.6. The van der Waals surface area contributed by atoms with Crippen molar-refractivity contribution < 1.29 is 24.8 Å². The van der Waals surface area contributed by atoms with Crippen LogP contribution in [0.4, 0.5) is 0 Å². The lowest BCUT2D eigenvalue weighted by Crippen LogP contribution is -2.54. The lowest BCUT2D eigenvalue weighted by molar-refractivity contribution is -0.199. The van der Waals surface area contributed by atoms with Gasteiger partial charge in [0, 0.05) is 6.61 Å². The molecule has 1 aliphatic rings. The standard InChI is InChI=1S/C14H26O5/c1-2-3-4-5-6-7-8-18-10-12-14(17)13(16)11(15)9-19-12/h4-5,11-17H,2-3,6-10H2,1H3/b5-4+/t11-,12+,13+,14+/m1/s1. The molecule has 1 saturated heterocycles. The molecule has 0 amide bonds. The molecule has 0 aliphatic carbocycles. The first-order chi connectivity index (χ1) is 9.16. The highest BCUT2D eigenvalue weighted by Gasteiger charge is 2.37. The molecular formula is C14H26O5. The topological polar surface area (TPSA) is 79.2 Å². The van der Waals surface area contributed by atoms with Gasteiger partial charge < -0.3 is 24.8 Å². The highest BCUT2D eigenvalue weighted by molar-refractivity contribution is 4.86. The third-order valence-corrected chi connectivity index (χ3v) is 3.17. The summed E-state index contributed by atoms with van der Waals surface area (Å²) in [6, 6.07) is 0. The largest absolute Gasteiger partial charge is 0.388 e. The number of rotatable bonds is 8. The second-order valence-electron chi connectivity index (χ2n) is 4.90. The molecule has 5 heteroatoms. The van der Waals surface area contributed by atoms with Crippen LogP contribution in [-0.4, -0.2) is 59.6 Å². The van der Waals surface area contributed by atoms with Crippen LogP contribution in [0.25, 0.3) is 0 Å². The van der Waals surface area contributed by atoms with Gasteiger partial charge in [0.2, 0.25) is 0 Å². The van der Waals surface area contributed by atoms with Gasteiger partial charge in [0.15, 0.2) is 0 Å². The molecule has 1 aliphatic heterocycles. The first-order valence-electron chi connectivity index (χ1n) is 7.05. The zero-order chi connectivity index (χ0) is 14.1. The van der Waals surface area contributed by atoms with Crippen LogP contribution in [0.3, 0.4) is 0 Å². The van der Waals surface area contributed by atoms with Gasteiger partial charge in [-0.05, 0) is 19.3 Å². The summed E-state index contributed by atoms with van der Waals surface area (Å²) in [6.07, 6.45) is 4.69. The quantitative estimate of drug-likeness (QED) is 0.447. The van der Waals surface area contributed by atoms with Gasteiger partial charge in [-0.3, -0.25) is 0 Å². The molecule has 0 unspecified atom stereocenters. The van der Waals surface area contributed by atoms with Gasteiger partial charge in [-0.15, -0.1) is 0 Å². The van der Waals surface area contributed by atoms with Crippen molar-refractivity contribution in [3.63, 3.8) is 0 Å². The summed E-state index contributed by atoms with van der Waals surface area (Å²) in [6.45, 7) is 3.02. The number of hydrogen-bond acceptors (Lipinski definition) is 5. The maximum atomic E-state index is 9.68. The van der Waals surface area contributed by atoms with Crippen LogP contribution in [0.15, 0.2) is 12.2 Å². The zero-order valence-corrected chi connectivity index (χ0v) is 11.6.